The lowest BCUT2D eigenvalue weighted by molar-refractivity contribution is 0.276. The zero-order valence-corrected chi connectivity index (χ0v) is 11.3. The van der Waals surface area contributed by atoms with Crippen molar-refractivity contribution in [1.29, 1.82) is 0 Å². The van der Waals surface area contributed by atoms with Gasteiger partial charge in [-0.2, -0.15) is 0 Å². The van der Waals surface area contributed by atoms with Gasteiger partial charge < -0.3 is 15.2 Å². The van der Waals surface area contributed by atoms with Gasteiger partial charge in [-0.3, -0.25) is 0 Å². The zero-order chi connectivity index (χ0) is 13.7. The van der Waals surface area contributed by atoms with Crippen LogP contribution in [0.25, 0.3) is 0 Å². The number of halogens is 1. The number of nitrogens with zero attached hydrogens (tertiary/aromatic N) is 1. The maximum atomic E-state index is 9.50. The van der Waals surface area contributed by atoms with Gasteiger partial charge >= 0.3 is 0 Å². The van der Waals surface area contributed by atoms with E-state index in [2.05, 4.69) is 10.3 Å². The minimum Gasteiger partial charge on any atom is -0.497 e. The number of aliphatic hydroxyl groups excluding tert-OH is 1. The predicted octanol–water partition coefficient (Wildman–Crippen LogP) is 2.89. The van der Waals surface area contributed by atoms with Gasteiger partial charge in [0.2, 0.25) is 0 Å². The van der Waals surface area contributed by atoms with Crippen LogP contribution in [0.3, 0.4) is 0 Å². The number of anilines is 1. The molecule has 1 atom stereocenters. The molecule has 2 aromatic rings. The first kappa shape index (κ1) is 13.6. The maximum Gasteiger partial charge on any atom is 0.126 e. The second-order valence-corrected chi connectivity index (χ2v) is 4.45. The number of pyridine rings is 1. The average molecular weight is 279 g/mol. The molecule has 1 heterocycles. The molecule has 0 aliphatic rings. The molecule has 1 aromatic carbocycles. The molecule has 2 rings (SSSR count). The topological polar surface area (TPSA) is 54.4 Å². The summed E-state index contributed by atoms with van der Waals surface area (Å²) in [6, 6.07) is 10.8. The van der Waals surface area contributed by atoms with E-state index in [1.165, 1.54) is 0 Å². The maximum absolute atomic E-state index is 9.50. The van der Waals surface area contributed by atoms with Crippen LogP contribution < -0.4 is 10.1 Å². The number of ether oxygens (including phenoxy) is 1. The summed E-state index contributed by atoms with van der Waals surface area (Å²) in [5.41, 5.74) is 0.929. The van der Waals surface area contributed by atoms with E-state index in [0.717, 1.165) is 11.3 Å². The SMILES string of the molecule is COc1cccc([C@H](CO)Nc2ccc(Cl)cn2)c1. The van der Waals surface area contributed by atoms with E-state index in [4.69, 9.17) is 16.3 Å². The summed E-state index contributed by atoms with van der Waals surface area (Å²) in [6.45, 7) is -0.0442. The minimum atomic E-state index is -0.247. The summed E-state index contributed by atoms with van der Waals surface area (Å²) in [5, 5.41) is 13.2. The largest absolute Gasteiger partial charge is 0.497 e. The third-order valence-corrected chi connectivity index (χ3v) is 2.95. The van der Waals surface area contributed by atoms with Gasteiger partial charge in [0.15, 0.2) is 0 Å². The Bertz CT molecular complexity index is 531. The third-order valence-electron chi connectivity index (χ3n) is 2.73. The van der Waals surface area contributed by atoms with Crippen LogP contribution >= 0.6 is 11.6 Å². The molecule has 0 bridgehead atoms. The summed E-state index contributed by atoms with van der Waals surface area (Å²) in [7, 11) is 1.61. The Morgan fingerprint density at radius 1 is 1.37 bits per heavy atom. The van der Waals surface area contributed by atoms with Crippen LogP contribution in [-0.4, -0.2) is 23.8 Å². The second kappa shape index (κ2) is 6.41. The summed E-state index contributed by atoms with van der Waals surface area (Å²) in [5.74, 6) is 1.41. The number of aliphatic hydroxyl groups is 1. The van der Waals surface area contributed by atoms with Crippen LogP contribution in [0, 0.1) is 0 Å². The lowest BCUT2D eigenvalue weighted by Crippen LogP contribution is -2.15. The fourth-order valence-corrected chi connectivity index (χ4v) is 1.84. The van der Waals surface area contributed by atoms with Crippen molar-refractivity contribution < 1.29 is 9.84 Å². The lowest BCUT2D eigenvalue weighted by atomic mass is 10.1. The van der Waals surface area contributed by atoms with Crippen LogP contribution in [0.1, 0.15) is 11.6 Å². The Hall–Kier alpha value is -1.78. The van der Waals surface area contributed by atoms with Gasteiger partial charge in [-0.1, -0.05) is 23.7 Å². The Labute approximate surface area is 117 Å². The van der Waals surface area contributed by atoms with E-state index < -0.39 is 0 Å². The summed E-state index contributed by atoms with van der Waals surface area (Å²) in [4.78, 5) is 4.15. The molecule has 0 radical (unpaired) electrons. The summed E-state index contributed by atoms with van der Waals surface area (Å²) in [6.07, 6.45) is 1.56. The van der Waals surface area contributed by atoms with Crippen molar-refractivity contribution in [3.05, 3.63) is 53.2 Å². The van der Waals surface area contributed by atoms with Gasteiger partial charge in [0.1, 0.15) is 11.6 Å². The molecule has 0 unspecified atom stereocenters. The Balaban J connectivity index is 2.17. The molecular weight excluding hydrogens is 264 g/mol. The van der Waals surface area contributed by atoms with E-state index in [1.54, 1.807) is 25.4 Å². The van der Waals surface area contributed by atoms with E-state index in [9.17, 15) is 5.11 Å². The third kappa shape index (κ3) is 3.59. The van der Waals surface area contributed by atoms with Crippen molar-refractivity contribution in [3.8, 4) is 5.75 Å². The first-order valence-electron chi connectivity index (χ1n) is 5.86. The van der Waals surface area contributed by atoms with Crippen molar-refractivity contribution in [3.63, 3.8) is 0 Å². The highest BCUT2D eigenvalue weighted by atomic mass is 35.5. The summed E-state index contributed by atoms with van der Waals surface area (Å²) < 4.78 is 5.17. The normalized spacial score (nSPS) is 11.9. The average Bonchev–Trinajstić information content (AvgIpc) is 2.46. The van der Waals surface area contributed by atoms with Crippen LogP contribution in [0.2, 0.25) is 5.02 Å². The number of hydrogen-bond donors (Lipinski definition) is 2. The van der Waals surface area contributed by atoms with Gasteiger partial charge in [0.25, 0.3) is 0 Å². The lowest BCUT2D eigenvalue weighted by Gasteiger charge is -2.18. The van der Waals surface area contributed by atoms with Crippen molar-refractivity contribution in [1.82, 2.24) is 4.98 Å². The van der Waals surface area contributed by atoms with E-state index in [-0.39, 0.29) is 12.6 Å². The number of nitrogens with one attached hydrogen (secondary N) is 1. The van der Waals surface area contributed by atoms with Crippen molar-refractivity contribution in [2.75, 3.05) is 19.0 Å². The molecule has 0 saturated carbocycles. The van der Waals surface area contributed by atoms with Gasteiger partial charge in [0, 0.05) is 6.20 Å². The highest BCUT2D eigenvalue weighted by Crippen LogP contribution is 2.22. The van der Waals surface area contributed by atoms with Crippen molar-refractivity contribution in [2.24, 2.45) is 0 Å². The van der Waals surface area contributed by atoms with Crippen molar-refractivity contribution in [2.45, 2.75) is 6.04 Å². The van der Waals surface area contributed by atoms with Crippen LogP contribution in [-0.2, 0) is 0 Å². The molecule has 0 saturated heterocycles. The predicted molar refractivity (Wildman–Crippen MR) is 75.7 cm³/mol. The molecule has 0 amide bonds. The van der Waals surface area contributed by atoms with Crippen molar-refractivity contribution >= 4 is 17.4 Å². The number of methoxy groups -OCH3 is 1. The van der Waals surface area contributed by atoms with E-state index >= 15 is 0 Å². The van der Waals surface area contributed by atoms with Gasteiger partial charge in [-0.15, -0.1) is 0 Å². The zero-order valence-electron chi connectivity index (χ0n) is 10.5. The fourth-order valence-electron chi connectivity index (χ4n) is 1.73. The molecule has 1 aromatic heterocycles. The van der Waals surface area contributed by atoms with Crippen LogP contribution in [0.15, 0.2) is 42.6 Å². The Morgan fingerprint density at radius 2 is 2.21 bits per heavy atom. The molecule has 19 heavy (non-hydrogen) atoms. The van der Waals surface area contributed by atoms with Crippen LogP contribution in [0.5, 0.6) is 5.75 Å². The highest BCUT2D eigenvalue weighted by molar-refractivity contribution is 6.30. The number of benzene rings is 1. The smallest absolute Gasteiger partial charge is 0.126 e. The van der Waals surface area contributed by atoms with E-state index in [1.807, 2.05) is 24.3 Å². The number of aromatic nitrogens is 1. The second-order valence-electron chi connectivity index (χ2n) is 4.02. The first-order chi connectivity index (χ1) is 9.22. The quantitative estimate of drug-likeness (QED) is 0.883. The number of hydrogen-bond acceptors (Lipinski definition) is 4. The Morgan fingerprint density at radius 3 is 2.84 bits per heavy atom. The molecule has 2 N–H and O–H groups in total. The molecule has 0 spiro atoms. The molecular formula is C14H15ClN2O2. The molecule has 4 nitrogen and oxygen atoms in total. The van der Waals surface area contributed by atoms with Gasteiger partial charge in [0.05, 0.1) is 24.8 Å². The Kier molecular flexibility index (Phi) is 4.60. The van der Waals surface area contributed by atoms with Crippen LogP contribution in [0.4, 0.5) is 5.82 Å². The monoisotopic (exact) mass is 278 g/mol. The fraction of sp³-hybridized carbons (Fsp3) is 0.214. The molecule has 0 fully saturated rings. The molecule has 0 aliphatic heterocycles. The van der Waals surface area contributed by atoms with E-state index in [0.29, 0.717) is 10.8 Å². The van der Waals surface area contributed by atoms with Gasteiger partial charge in [-0.25, -0.2) is 4.98 Å². The molecule has 0 aliphatic carbocycles. The standard InChI is InChI=1S/C14H15ClN2O2/c1-19-12-4-2-3-10(7-12)13(9-18)17-14-6-5-11(15)8-16-14/h2-8,13,18H,9H2,1H3,(H,16,17)/t13-/m0/s1. The molecule has 5 heteroatoms. The van der Waals surface area contributed by atoms with Gasteiger partial charge in [-0.05, 0) is 29.8 Å². The highest BCUT2D eigenvalue weighted by Gasteiger charge is 2.11. The first-order valence-corrected chi connectivity index (χ1v) is 6.23. The number of rotatable bonds is 5. The summed E-state index contributed by atoms with van der Waals surface area (Å²) >= 11 is 5.78. The molecule has 100 valence electrons. The minimum absolute atomic E-state index is 0.0442.